The zero-order valence-corrected chi connectivity index (χ0v) is 13.9. The number of amides is 1. The highest BCUT2D eigenvalue weighted by atomic mass is 32.2. The zero-order chi connectivity index (χ0) is 15.7. The Hall–Kier alpha value is -1.20. The highest BCUT2D eigenvalue weighted by Gasteiger charge is 2.09. The average Bonchev–Trinajstić information content (AvgIpc) is 2.40. The van der Waals surface area contributed by atoms with Gasteiger partial charge in [-0.3, -0.25) is 9.00 Å². The normalized spacial score (nSPS) is 12.4. The second-order valence-electron chi connectivity index (χ2n) is 5.28. The number of nitrogens with one attached hydrogen (secondary N) is 1. The summed E-state index contributed by atoms with van der Waals surface area (Å²) in [6, 6.07) is 7.82. The maximum absolute atomic E-state index is 12.0. The van der Waals surface area contributed by atoms with Crippen LogP contribution in [0.1, 0.15) is 31.4 Å². The number of hydrogen-bond donors (Lipinski definition) is 1. The molecule has 1 N–H and O–H groups in total. The Bertz CT molecular complexity index is 474. The molecule has 0 unspecified atom stereocenters. The van der Waals surface area contributed by atoms with E-state index in [0.717, 1.165) is 17.5 Å². The van der Waals surface area contributed by atoms with E-state index in [1.807, 2.05) is 45.0 Å². The third-order valence-electron chi connectivity index (χ3n) is 2.96. The molecule has 5 heteroatoms. The van der Waals surface area contributed by atoms with Gasteiger partial charge in [-0.15, -0.1) is 0 Å². The first-order chi connectivity index (χ1) is 9.99. The smallest absolute Gasteiger partial charge is 0.232 e. The van der Waals surface area contributed by atoms with E-state index in [9.17, 15) is 9.00 Å². The lowest BCUT2D eigenvalue weighted by Gasteiger charge is -2.09. The molecule has 0 saturated heterocycles. The summed E-state index contributed by atoms with van der Waals surface area (Å²) in [6.07, 6.45) is 0.983. The molecule has 1 amide bonds. The van der Waals surface area contributed by atoms with Gasteiger partial charge >= 0.3 is 0 Å². The highest BCUT2D eigenvalue weighted by Crippen LogP contribution is 2.09. The van der Waals surface area contributed by atoms with Crippen LogP contribution in [0.4, 0.5) is 0 Å². The lowest BCUT2D eigenvalue weighted by atomic mass is 10.1. The van der Waals surface area contributed by atoms with Gasteiger partial charge in [0.15, 0.2) is 0 Å². The molecule has 118 valence electrons. The summed E-state index contributed by atoms with van der Waals surface area (Å²) in [6.45, 7) is 7.14. The van der Waals surface area contributed by atoms with Crippen LogP contribution in [0.15, 0.2) is 24.3 Å². The number of benzene rings is 1. The van der Waals surface area contributed by atoms with Crippen LogP contribution in [0.25, 0.3) is 0 Å². The molecule has 0 aliphatic carbocycles. The fourth-order valence-electron chi connectivity index (χ4n) is 1.81. The van der Waals surface area contributed by atoms with E-state index < -0.39 is 10.8 Å². The van der Waals surface area contributed by atoms with E-state index in [1.54, 1.807) is 0 Å². The minimum absolute atomic E-state index is 0.0549. The molecule has 1 atom stereocenters. The molecule has 0 aromatic heterocycles. The number of hydrogen-bond acceptors (Lipinski definition) is 3. The van der Waals surface area contributed by atoms with Crippen molar-refractivity contribution in [2.24, 2.45) is 0 Å². The molecule has 0 aliphatic rings. The van der Waals surface area contributed by atoms with Crippen molar-refractivity contribution in [3.8, 4) is 0 Å². The van der Waals surface area contributed by atoms with Gasteiger partial charge in [-0.1, -0.05) is 24.3 Å². The van der Waals surface area contributed by atoms with Gasteiger partial charge < -0.3 is 10.1 Å². The summed E-state index contributed by atoms with van der Waals surface area (Å²) < 4.78 is 17.4. The number of rotatable bonds is 9. The van der Waals surface area contributed by atoms with Crippen LogP contribution in [0.2, 0.25) is 0 Å². The number of ether oxygens (including phenoxy) is 1. The van der Waals surface area contributed by atoms with Crippen molar-refractivity contribution in [2.75, 3.05) is 18.9 Å². The molecule has 1 aromatic rings. The van der Waals surface area contributed by atoms with Gasteiger partial charge in [-0.25, -0.2) is 0 Å². The SMILES string of the molecule is Cc1ccccc1C[S@@](=O)CC(=O)NCCCOC(C)C. The topological polar surface area (TPSA) is 55.4 Å². The second kappa shape index (κ2) is 9.68. The van der Waals surface area contributed by atoms with Crippen molar-refractivity contribution in [1.29, 1.82) is 0 Å². The van der Waals surface area contributed by atoms with Crippen LogP contribution in [0, 0.1) is 6.92 Å². The molecule has 0 heterocycles. The van der Waals surface area contributed by atoms with E-state index in [0.29, 0.717) is 18.9 Å². The standard InChI is InChI=1S/C16H25NO3S/c1-13(2)20-10-6-9-17-16(18)12-21(19)11-15-8-5-4-7-14(15)3/h4-5,7-8,13H,6,9-12H2,1-3H3,(H,17,18)/t21-/m1/s1. The van der Waals surface area contributed by atoms with Crippen molar-refractivity contribution in [1.82, 2.24) is 5.32 Å². The van der Waals surface area contributed by atoms with E-state index in [-0.39, 0.29) is 17.8 Å². The van der Waals surface area contributed by atoms with Crippen molar-refractivity contribution in [3.63, 3.8) is 0 Å². The maximum Gasteiger partial charge on any atom is 0.232 e. The zero-order valence-electron chi connectivity index (χ0n) is 13.1. The number of carbonyl (C=O) groups excluding carboxylic acids is 1. The van der Waals surface area contributed by atoms with Crippen LogP contribution in [-0.2, 0) is 26.1 Å². The van der Waals surface area contributed by atoms with Crippen molar-refractivity contribution >= 4 is 16.7 Å². The first-order valence-corrected chi connectivity index (χ1v) is 8.75. The molecule has 0 spiro atoms. The van der Waals surface area contributed by atoms with Gasteiger partial charge in [0.05, 0.1) is 6.10 Å². The molecule has 0 aliphatic heterocycles. The van der Waals surface area contributed by atoms with Crippen LogP contribution >= 0.6 is 0 Å². The highest BCUT2D eigenvalue weighted by molar-refractivity contribution is 7.84. The largest absolute Gasteiger partial charge is 0.379 e. The van der Waals surface area contributed by atoms with Gasteiger partial charge in [0.2, 0.25) is 5.91 Å². The fourth-order valence-corrected chi connectivity index (χ4v) is 2.98. The van der Waals surface area contributed by atoms with Crippen LogP contribution in [-0.4, -0.2) is 35.1 Å². The Kier molecular flexibility index (Phi) is 8.23. The average molecular weight is 311 g/mol. The summed E-state index contributed by atoms with van der Waals surface area (Å²) in [5.41, 5.74) is 2.14. The minimum atomic E-state index is -1.17. The van der Waals surface area contributed by atoms with Gasteiger partial charge in [0.1, 0.15) is 5.75 Å². The third kappa shape index (κ3) is 7.97. The van der Waals surface area contributed by atoms with E-state index in [1.165, 1.54) is 0 Å². The van der Waals surface area contributed by atoms with Crippen molar-refractivity contribution in [3.05, 3.63) is 35.4 Å². The molecule has 0 saturated carbocycles. The second-order valence-corrected chi connectivity index (χ2v) is 6.74. The molecular formula is C16H25NO3S. The quantitative estimate of drug-likeness (QED) is 0.711. The summed E-state index contributed by atoms with van der Waals surface area (Å²) in [7, 11) is -1.17. The Morgan fingerprint density at radius 1 is 1.33 bits per heavy atom. The van der Waals surface area contributed by atoms with Gasteiger partial charge in [-0.05, 0) is 38.3 Å². The van der Waals surface area contributed by atoms with Crippen molar-refractivity contribution < 1.29 is 13.7 Å². The predicted molar refractivity (Wildman–Crippen MR) is 86.6 cm³/mol. The lowest BCUT2D eigenvalue weighted by Crippen LogP contribution is -2.30. The van der Waals surface area contributed by atoms with E-state index in [2.05, 4.69) is 5.32 Å². The maximum atomic E-state index is 12.0. The number of aryl methyl sites for hydroxylation is 1. The molecule has 0 radical (unpaired) electrons. The summed E-state index contributed by atoms with van der Waals surface area (Å²) in [5, 5.41) is 2.78. The molecule has 0 fully saturated rings. The van der Waals surface area contributed by atoms with Crippen LogP contribution in [0.3, 0.4) is 0 Å². The molecule has 1 rings (SSSR count). The van der Waals surface area contributed by atoms with E-state index in [4.69, 9.17) is 4.74 Å². The molecule has 0 bridgehead atoms. The molecular weight excluding hydrogens is 286 g/mol. The third-order valence-corrected chi connectivity index (χ3v) is 4.18. The Morgan fingerprint density at radius 3 is 2.71 bits per heavy atom. The first-order valence-electron chi connectivity index (χ1n) is 7.27. The predicted octanol–water partition coefficient (Wildman–Crippen LogP) is 2.18. The Balaban J connectivity index is 2.22. The summed E-state index contributed by atoms with van der Waals surface area (Å²) in [4.78, 5) is 11.7. The lowest BCUT2D eigenvalue weighted by molar-refractivity contribution is -0.118. The van der Waals surface area contributed by atoms with Gasteiger partial charge in [0.25, 0.3) is 0 Å². The summed E-state index contributed by atoms with van der Waals surface area (Å²) in [5.74, 6) is 0.321. The van der Waals surface area contributed by atoms with Crippen LogP contribution in [0.5, 0.6) is 0 Å². The van der Waals surface area contributed by atoms with Crippen LogP contribution < -0.4 is 5.32 Å². The van der Waals surface area contributed by atoms with Gasteiger partial charge in [0, 0.05) is 29.7 Å². The Morgan fingerprint density at radius 2 is 2.05 bits per heavy atom. The molecule has 21 heavy (non-hydrogen) atoms. The number of carbonyl (C=O) groups is 1. The summed E-state index contributed by atoms with van der Waals surface area (Å²) >= 11 is 0. The van der Waals surface area contributed by atoms with E-state index >= 15 is 0 Å². The minimum Gasteiger partial charge on any atom is -0.379 e. The first kappa shape index (κ1) is 17.9. The van der Waals surface area contributed by atoms with Gasteiger partial charge in [-0.2, -0.15) is 0 Å². The Labute approximate surface area is 129 Å². The van der Waals surface area contributed by atoms with Crippen molar-refractivity contribution in [2.45, 2.75) is 39.0 Å². The monoisotopic (exact) mass is 311 g/mol. The fraction of sp³-hybridized carbons (Fsp3) is 0.562. The molecule has 1 aromatic carbocycles. The molecule has 4 nitrogen and oxygen atoms in total.